The molecule has 0 saturated heterocycles. The minimum Gasteiger partial charge on any atom is -0.372 e. The third-order valence-electron chi connectivity index (χ3n) is 1.21. The fourth-order valence-electron chi connectivity index (χ4n) is 0.490. The van der Waals surface area contributed by atoms with Crippen LogP contribution in [0, 0.1) is 0 Å². The lowest BCUT2D eigenvalue weighted by molar-refractivity contribution is -0.317. The highest BCUT2D eigenvalue weighted by molar-refractivity contribution is 4.84. The first-order valence-electron chi connectivity index (χ1n) is 2.80. The first kappa shape index (κ1) is 11.5. The third kappa shape index (κ3) is 2.02. The highest BCUT2D eigenvalue weighted by Gasteiger charge is 2.62. The lowest BCUT2D eigenvalue weighted by atomic mass is 10.2. The largest absolute Gasteiger partial charge is 0.456 e. The zero-order chi connectivity index (χ0) is 9.99. The molecule has 74 valence electrons. The Kier molecular flexibility index (Phi) is 3.37. The summed E-state index contributed by atoms with van der Waals surface area (Å²) in [5, 5.41) is 0. The SMILES string of the molecule is COC(CF)C(F)(F)C(F)(F)F. The van der Waals surface area contributed by atoms with Crippen molar-refractivity contribution in [2.24, 2.45) is 0 Å². The Hall–Kier alpha value is -0.460. The molecule has 0 radical (unpaired) electrons. The van der Waals surface area contributed by atoms with E-state index in [1.165, 1.54) is 0 Å². The van der Waals surface area contributed by atoms with Crippen LogP contribution in [0.15, 0.2) is 0 Å². The van der Waals surface area contributed by atoms with Gasteiger partial charge in [-0.05, 0) is 0 Å². The second kappa shape index (κ2) is 3.51. The van der Waals surface area contributed by atoms with Gasteiger partial charge in [0.05, 0.1) is 0 Å². The quantitative estimate of drug-likeness (QED) is 0.628. The number of rotatable bonds is 3. The highest BCUT2D eigenvalue weighted by Crippen LogP contribution is 2.39. The summed E-state index contributed by atoms with van der Waals surface area (Å²) in [4.78, 5) is 0. The van der Waals surface area contributed by atoms with Crippen LogP contribution in [0.1, 0.15) is 0 Å². The topological polar surface area (TPSA) is 9.23 Å². The molecule has 0 aliphatic rings. The Morgan fingerprint density at radius 2 is 1.58 bits per heavy atom. The van der Waals surface area contributed by atoms with Crippen LogP contribution < -0.4 is 0 Å². The molecule has 12 heavy (non-hydrogen) atoms. The Bertz CT molecular complexity index is 137. The highest BCUT2D eigenvalue weighted by atomic mass is 19.4. The van der Waals surface area contributed by atoms with E-state index in [0.717, 1.165) is 0 Å². The van der Waals surface area contributed by atoms with E-state index in [1.807, 2.05) is 0 Å². The molecule has 0 amide bonds. The summed E-state index contributed by atoms with van der Waals surface area (Å²) in [6.45, 7) is -1.89. The Morgan fingerprint density at radius 3 is 1.67 bits per heavy atom. The molecule has 0 N–H and O–H groups in total. The van der Waals surface area contributed by atoms with Crippen LogP contribution in [0.4, 0.5) is 26.3 Å². The predicted octanol–water partition coefficient (Wildman–Crippen LogP) is 2.17. The van der Waals surface area contributed by atoms with Gasteiger partial charge in [-0.2, -0.15) is 22.0 Å². The van der Waals surface area contributed by atoms with Crippen molar-refractivity contribution < 1.29 is 31.1 Å². The van der Waals surface area contributed by atoms with Gasteiger partial charge in [-0.15, -0.1) is 0 Å². The van der Waals surface area contributed by atoms with Crippen LogP contribution >= 0.6 is 0 Å². The molecule has 0 aromatic rings. The maximum Gasteiger partial charge on any atom is 0.456 e. The van der Waals surface area contributed by atoms with Crippen molar-refractivity contribution in [3.05, 3.63) is 0 Å². The van der Waals surface area contributed by atoms with Crippen LogP contribution in [0.5, 0.6) is 0 Å². The van der Waals surface area contributed by atoms with E-state index in [2.05, 4.69) is 4.74 Å². The summed E-state index contributed by atoms with van der Waals surface area (Å²) in [5.41, 5.74) is 0. The van der Waals surface area contributed by atoms with E-state index < -0.39 is 24.9 Å². The van der Waals surface area contributed by atoms with Gasteiger partial charge >= 0.3 is 12.1 Å². The van der Waals surface area contributed by atoms with E-state index in [4.69, 9.17) is 0 Å². The average Bonchev–Trinajstić information content (AvgIpc) is 1.87. The summed E-state index contributed by atoms with van der Waals surface area (Å²) >= 11 is 0. The fraction of sp³-hybridized carbons (Fsp3) is 1.00. The molecule has 0 aromatic carbocycles. The number of hydrogen-bond donors (Lipinski definition) is 0. The standard InChI is InChI=1S/C5H6F6O/c1-12-3(2-6)4(7,8)5(9,10)11/h3H,2H2,1H3. The van der Waals surface area contributed by atoms with Crippen LogP contribution in [0.25, 0.3) is 0 Å². The van der Waals surface area contributed by atoms with Crippen molar-refractivity contribution in [1.82, 2.24) is 0 Å². The number of hydrogen-bond acceptors (Lipinski definition) is 1. The molecular formula is C5H6F6O. The minimum atomic E-state index is -5.78. The second-order valence-electron chi connectivity index (χ2n) is 2.00. The van der Waals surface area contributed by atoms with E-state index in [1.54, 1.807) is 0 Å². The summed E-state index contributed by atoms with van der Waals surface area (Å²) in [6, 6.07) is 0. The van der Waals surface area contributed by atoms with Gasteiger partial charge in [0.25, 0.3) is 0 Å². The van der Waals surface area contributed by atoms with E-state index in [-0.39, 0.29) is 0 Å². The third-order valence-corrected chi connectivity index (χ3v) is 1.21. The van der Waals surface area contributed by atoms with Gasteiger partial charge in [-0.1, -0.05) is 0 Å². The number of alkyl halides is 6. The molecule has 1 unspecified atom stereocenters. The van der Waals surface area contributed by atoms with Crippen molar-refractivity contribution in [1.29, 1.82) is 0 Å². The van der Waals surface area contributed by atoms with Gasteiger partial charge in [-0.25, -0.2) is 4.39 Å². The number of ether oxygens (including phenoxy) is 1. The van der Waals surface area contributed by atoms with Gasteiger partial charge in [0, 0.05) is 7.11 Å². The molecule has 1 nitrogen and oxygen atoms in total. The van der Waals surface area contributed by atoms with Crippen LogP contribution in [0.2, 0.25) is 0 Å². The summed E-state index contributed by atoms with van der Waals surface area (Å²) < 4.78 is 73.8. The predicted molar refractivity (Wildman–Crippen MR) is 27.8 cm³/mol. The van der Waals surface area contributed by atoms with Gasteiger partial charge in [0.15, 0.2) is 6.10 Å². The molecule has 0 spiro atoms. The molecule has 0 fully saturated rings. The van der Waals surface area contributed by atoms with Crippen molar-refractivity contribution in [2.45, 2.75) is 18.2 Å². The second-order valence-corrected chi connectivity index (χ2v) is 2.00. The molecule has 0 saturated carbocycles. The van der Waals surface area contributed by atoms with Crippen molar-refractivity contribution in [3.8, 4) is 0 Å². The molecule has 0 bridgehead atoms. The molecule has 0 rings (SSSR count). The van der Waals surface area contributed by atoms with E-state index >= 15 is 0 Å². The van der Waals surface area contributed by atoms with Gasteiger partial charge in [0.1, 0.15) is 6.67 Å². The number of methoxy groups -OCH3 is 1. The van der Waals surface area contributed by atoms with Crippen molar-refractivity contribution in [3.63, 3.8) is 0 Å². The molecule has 1 atom stereocenters. The summed E-state index contributed by atoms with van der Waals surface area (Å²) in [5.74, 6) is -5.14. The molecule has 0 aliphatic heterocycles. The summed E-state index contributed by atoms with van der Waals surface area (Å²) in [7, 11) is 0.587. The van der Waals surface area contributed by atoms with Gasteiger partial charge < -0.3 is 4.74 Å². The molecular weight excluding hydrogens is 190 g/mol. The number of halogens is 6. The van der Waals surface area contributed by atoms with E-state index in [9.17, 15) is 26.3 Å². The van der Waals surface area contributed by atoms with Gasteiger partial charge in [-0.3, -0.25) is 0 Å². The van der Waals surface area contributed by atoms with Crippen molar-refractivity contribution in [2.75, 3.05) is 13.8 Å². The lowest BCUT2D eigenvalue weighted by Crippen LogP contribution is -2.49. The first-order valence-corrected chi connectivity index (χ1v) is 2.80. The molecule has 0 aliphatic carbocycles. The zero-order valence-corrected chi connectivity index (χ0v) is 5.96. The lowest BCUT2D eigenvalue weighted by Gasteiger charge is -2.25. The summed E-state index contributed by atoms with van der Waals surface area (Å²) in [6.07, 6.45) is -8.54. The van der Waals surface area contributed by atoms with Crippen LogP contribution in [0.3, 0.4) is 0 Å². The Labute approximate surface area is 64.3 Å². The Balaban J connectivity index is 4.57. The monoisotopic (exact) mass is 196 g/mol. The molecule has 7 heteroatoms. The maximum atomic E-state index is 12.1. The van der Waals surface area contributed by atoms with Crippen LogP contribution in [-0.2, 0) is 4.74 Å². The average molecular weight is 196 g/mol. The first-order chi connectivity index (χ1) is 5.27. The normalized spacial score (nSPS) is 16.2. The maximum absolute atomic E-state index is 12.1. The van der Waals surface area contributed by atoms with Crippen molar-refractivity contribution >= 4 is 0 Å². The Morgan fingerprint density at radius 1 is 1.17 bits per heavy atom. The van der Waals surface area contributed by atoms with Crippen LogP contribution in [-0.4, -0.2) is 32.0 Å². The fourth-order valence-corrected chi connectivity index (χ4v) is 0.490. The smallest absolute Gasteiger partial charge is 0.372 e. The molecule has 0 heterocycles. The molecule has 0 aromatic heterocycles. The zero-order valence-electron chi connectivity index (χ0n) is 5.96. The minimum absolute atomic E-state index is 0.587. The van der Waals surface area contributed by atoms with Gasteiger partial charge in [0.2, 0.25) is 0 Å². The van der Waals surface area contributed by atoms with E-state index in [0.29, 0.717) is 7.11 Å².